The van der Waals surface area contributed by atoms with E-state index in [1.54, 1.807) is 13.8 Å². The fraction of sp³-hybridized carbons (Fsp3) is 0.727. The zero-order chi connectivity index (χ0) is 13.6. The lowest BCUT2D eigenvalue weighted by molar-refractivity contribution is 0.573. The lowest BCUT2D eigenvalue weighted by Crippen LogP contribution is -2.25. The van der Waals surface area contributed by atoms with Gasteiger partial charge < -0.3 is 0 Å². The van der Waals surface area contributed by atoms with E-state index in [9.17, 15) is 8.42 Å². The van der Waals surface area contributed by atoms with E-state index in [1.165, 1.54) is 6.42 Å². The van der Waals surface area contributed by atoms with Crippen molar-refractivity contribution in [2.24, 2.45) is 0 Å². The number of aromatic amines is 1. The number of nitrogens with zero attached hydrogens (tertiary/aromatic N) is 1. The number of hydrogen-bond acceptors (Lipinski definition) is 3. The quantitative estimate of drug-likeness (QED) is 0.410. The van der Waals surface area contributed by atoms with E-state index >= 15 is 0 Å². The van der Waals surface area contributed by atoms with Gasteiger partial charge in [0.15, 0.2) is 0 Å². The molecule has 0 fully saturated rings. The molecule has 0 aliphatic carbocycles. The van der Waals surface area contributed by atoms with E-state index in [2.05, 4.69) is 37.5 Å². The van der Waals surface area contributed by atoms with Crippen molar-refractivity contribution in [1.29, 1.82) is 0 Å². The van der Waals surface area contributed by atoms with Gasteiger partial charge in [-0.1, -0.05) is 35.4 Å². The highest BCUT2D eigenvalue weighted by Crippen LogP contribution is 2.16. The van der Waals surface area contributed by atoms with E-state index in [-0.39, 0.29) is 4.90 Å². The Bertz CT molecular complexity index is 451. The van der Waals surface area contributed by atoms with Crippen molar-refractivity contribution in [1.82, 2.24) is 14.9 Å². The van der Waals surface area contributed by atoms with E-state index in [0.29, 0.717) is 17.9 Å². The van der Waals surface area contributed by atoms with Crippen LogP contribution in [0.5, 0.6) is 0 Å². The first-order valence-corrected chi connectivity index (χ1v) is 9.07. The van der Waals surface area contributed by atoms with Crippen molar-refractivity contribution in [2.75, 3.05) is 11.0 Å². The van der Waals surface area contributed by atoms with E-state index in [4.69, 9.17) is 0 Å². The number of hydrogen-bond donors (Lipinski definition) is 2. The Kier molecular flexibility index (Phi) is 6.58. The Balaban J connectivity index is 2.46. The summed E-state index contributed by atoms with van der Waals surface area (Å²) in [7, 11) is -3.42. The van der Waals surface area contributed by atoms with Crippen LogP contribution in [0.25, 0.3) is 0 Å². The number of aryl methyl sites for hydroxylation is 2. The number of rotatable bonds is 8. The zero-order valence-corrected chi connectivity index (χ0v) is 13.8. The van der Waals surface area contributed by atoms with Crippen LogP contribution in [-0.2, 0) is 10.0 Å². The third-order valence-corrected chi connectivity index (χ3v) is 5.17. The monoisotopic (exact) mass is 385 g/mol. The number of H-pyrrole nitrogens is 1. The second-order valence-electron chi connectivity index (χ2n) is 4.26. The van der Waals surface area contributed by atoms with Crippen molar-refractivity contribution < 1.29 is 8.42 Å². The largest absolute Gasteiger partial charge is 0.281 e. The standard InChI is InChI=1S/C11H20IN3O2S/c1-9-11(10(2)15-14-9)18(16,17)13-8-6-4-3-5-7-12/h13H,3-8H2,1-2H3,(H,14,15). The second kappa shape index (κ2) is 7.44. The van der Waals surface area contributed by atoms with E-state index in [1.807, 2.05) is 0 Å². The van der Waals surface area contributed by atoms with Gasteiger partial charge >= 0.3 is 0 Å². The predicted molar refractivity (Wildman–Crippen MR) is 80.6 cm³/mol. The Labute approximate surface area is 122 Å². The molecule has 0 atom stereocenters. The lowest BCUT2D eigenvalue weighted by Gasteiger charge is -2.06. The van der Waals surface area contributed by atoms with Crippen LogP contribution in [0.3, 0.4) is 0 Å². The third kappa shape index (κ3) is 4.51. The first kappa shape index (κ1) is 15.9. The highest BCUT2D eigenvalue weighted by atomic mass is 127. The minimum absolute atomic E-state index is 0.287. The summed E-state index contributed by atoms with van der Waals surface area (Å²) in [5.41, 5.74) is 1.11. The molecule has 1 rings (SSSR count). The number of aromatic nitrogens is 2. The molecule has 0 aromatic carbocycles. The minimum Gasteiger partial charge on any atom is -0.281 e. The Morgan fingerprint density at radius 1 is 1.22 bits per heavy atom. The summed E-state index contributed by atoms with van der Waals surface area (Å²) in [6.45, 7) is 3.90. The van der Waals surface area contributed by atoms with Gasteiger partial charge in [0.25, 0.3) is 0 Å². The maximum absolute atomic E-state index is 12.1. The number of halogens is 1. The summed E-state index contributed by atoms with van der Waals surface area (Å²) < 4.78 is 27.9. The van der Waals surface area contributed by atoms with E-state index in [0.717, 1.165) is 23.7 Å². The number of alkyl halides is 1. The summed E-state index contributed by atoms with van der Waals surface area (Å²) in [5.74, 6) is 0. The maximum atomic E-state index is 12.1. The molecule has 0 aliphatic heterocycles. The van der Waals surface area contributed by atoms with Gasteiger partial charge in [-0.15, -0.1) is 0 Å². The molecule has 1 aromatic rings. The first-order valence-electron chi connectivity index (χ1n) is 6.06. The van der Waals surface area contributed by atoms with Crippen LogP contribution in [0, 0.1) is 13.8 Å². The van der Waals surface area contributed by atoms with Crippen molar-refractivity contribution >= 4 is 32.6 Å². The van der Waals surface area contributed by atoms with Crippen LogP contribution >= 0.6 is 22.6 Å². The van der Waals surface area contributed by atoms with E-state index < -0.39 is 10.0 Å². The molecule has 104 valence electrons. The molecule has 0 unspecified atom stereocenters. The molecule has 1 aromatic heterocycles. The summed E-state index contributed by atoms with van der Waals surface area (Å²) >= 11 is 2.35. The molecule has 0 radical (unpaired) electrons. The van der Waals surface area contributed by atoms with Crippen molar-refractivity contribution in [3.63, 3.8) is 0 Å². The Morgan fingerprint density at radius 3 is 2.44 bits per heavy atom. The molecule has 0 saturated heterocycles. The number of nitrogens with one attached hydrogen (secondary N) is 2. The van der Waals surface area contributed by atoms with Crippen molar-refractivity contribution in [3.8, 4) is 0 Å². The lowest BCUT2D eigenvalue weighted by atomic mass is 10.2. The van der Waals surface area contributed by atoms with Crippen molar-refractivity contribution in [3.05, 3.63) is 11.4 Å². The van der Waals surface area contributed by atoms with Crippen LogP contribution in [-0.4, -0.2) is 29.6 Å². The van der Waals surface area contributed by atoms with Crippen LogP contribution in [0.1, 0.15) is 37.1 Å². The SMILES string of the molecule is Cc1n[nH]c(C)c1S(=O)(=O)NCCCCCCI. The summed E-state index contributed by atoms with van der Waals surface area (Å²) in [4.78, 5) is 0.287. The molecule has 0 amide bonds. The van der Waals surface area contributed by atoms with Gasteiger partial charge in [0.05, 0.1) is 11.4 Å². The van der Waals surface area contributed by atoms with Gasteiger partial charge in [0.1, 0.15) is 4.90 Å². The molecule has 1 heterocycles. The fourth-order valence-corrected chi connectivity index (χ4v) is 3.77. The Hall–Kier alpha value is -0.150. The molecule has 7 heteroatoms. The smallest absolute Gasteiger partial charge is 0.244 e. The number of sulfonamides is 1. The highest BCUT2D eigenvalue weighted by molar-refractivity contribution is 14.1. The summed E-state index contributed by atoms with van der Waals surface area (Å²) in [5, 5.41) is 6.60. The molecule has 18 heavy (non-hydrogen) atoms. The fourth-order valence-electron chi connectivity index (χ4n) is 1.79. The third-order valence-electron chi connectivity index (χ3n) is 2.68. The first-order chi connectivity index (χ1) is 8.49. The van der Waals surface area contributed by atoms with Gasteiger partial charge in [0.2, 0.25) is 10.0 Å². The van der Waals surface area contributed by atoms with Gasteiger partial charge in [-0.3, -0.25) is 5.10 Å². The molecule has 0 aliphatic rings. The van der Waals surface area contributed by atoms with Crippen LogP contribution in [0.4, 0.5) is 0 Å². The summed E-state index contributed by atoms with van der Waals surface area (Å²) in [6, 6.07) is 0. The summed E-state index contributed by atoms with van der Waals surface area (Å²) in [6.07, 6.45) is 4.31. The molecular formula is C11H20IN3O2S. The van der Waals surface area contributed by atoms with Crippen LogP contribution in [0.15, 0.2) is 4.90 Å². The van der Waals surface area contributed by atoms with Gasteiger partial charge in [-0.05, 0) is 31.1 Å². The van der Waals surface area contributed by atoms with Crippen LogP contribution in [0.2, 0.25) is 0 Å². The molecule has 5 nitrogen and oxygen atoms in total. The normalized spacial score (nSPS) is 11.9. The maximum Gasteiger partial charge on any atom is 0.244 e. The molecule has 2 N–H and O–H groups in total. The molecular weight excluding hydrogens is 365 g/mol. The minimum atomic E-state index is -3.42. The Morgan fingerprint density at radius 2 is 1.89 bits per heavy atom. The average Bonchev–Trinajstić information content (AvgIpc) is 2.64. The van der Waals surface area contributed by atoms with Crippen LogP contribution < -0.4 is 4.72 Å². The van der Waals surface area contributed by atoms with Crippen molar-refractivity contribution in [2.45, 2.75) is 44.4 Å². The molecule has 0 spiro atoms. The zero-order valence-electron chi connectivity index (χ0n) is 10.8. The average molecular weight is 385 g/mol. The topological polar surface area (TPSA) is 74.8 Å². The second-order valence-corrected chi connectivity index (χ2v) is 7.05. The van der Waals surface area contributed by atoms with Gasteiger partial charge in [-0.2, -0.15) is 5.10 Å². The van der Waals surface area contributed by atoms with Gasteiger partial charge in [0, 0.05) is 6.54 Å². The molecule has 0 saturated carbocycles. The highest BCUT2D eigenvalue weighted by Gasteiger charge is 2.21. The van der Waals surface area contributed by atoms with Gasteiger partial charge in [-0.25, -0.2) is 13.1 Å². The molecule has 0 bridgehead atoms. The number of unbranched alkanes of at least 4 members (excludes halogenated alkanes) is 3. The predicted octanol–water partition coefficient (Wildman–Crippen LogP) is 2.30.